The minimum absolute atomic E-state index is 0.0833. The number of piperazine rings is 1. The molecule has 3 N–H and O–H groups in total. The van der Waals surface area contributed by atoms with Crippen molar-refractivity contribution in [3.05, 3.63) is 12.7 Å². The summed E-state index contributed by atoms with van der Waals surface area (Å²) in [4.78, 5) is 2.11. The lowest BCUT2D eigenvalue weighted by Crippen LogP contribution is -2.48. The maximum Gasteiger partial charge on any atom is 0.107 e. The van der Waals surface area contributed by atoms with Crippen molar-refractivity contribution in [3.63, 3.8) is 0 Å². The average molecular weight is 202 g/mol. The molecule has 1 unspecified atom stereocenters. The lowest BCUT2D eigenvalue weighted by Gasteiger charge is -2.30. The molecule has 0 amide bonds. The van der Waals surface area contributed by atoms with Crippen LogP contribution in [0.5, 0.6) is 0 Å². The third kappa shape index (κ3) is 6.10. The summed E-state index contributed by atoms with van der Waals surface area (Å²) in [6.45, 7) is 9.30. The predicted molar refractivity (Wildman–Crippen MR) is 58.0 cm³/mol. The summed E-state index contributed by atoms with van der Waals surface area (Å²) in [6.07, 6.45) is 2.04. The van der Waals surface area contributed by atoms with Crippen LogP contribution >= 0.6 is 0 Å². The van der Waals surface area contributed by atoms with Crippen molar-refractivity contribution in [1.82, 2.24) is 10.2 Å². The number of aliphatic hydroxyl groups excluding tert-OH is 2. The van der Waals surface area contributed by atoms with Gasteiger partial charge < -0.3 is 15.5 Å². The Kier molecular flexibility index (Phi) is 8.87. The summed E-state index contributed by atoms with van der Waals surface area (Å²) in [5.74, 6) is 0. The van der Waals surface area contributed by atoms with Gasteiger partial charge in [0.05, 0.1) is 6.61 Å². The molecule has 4 nitrogen and oxygen atoms in total. The highest BCUT2D eigenvalue weighted by Crippen LogP contribution is 2.00. The quantitative estimate of drug-likeness (QED) is 0.554. The van der Waals surface area contributed by atoms with Crippen LogP contribution in [0.1, 0.15) is 13.3 Å². The van der Waals surface area contributed by atoms with E-state index in [1.54, 1.807) is 0 Å². The Labute approximate surface area is 86.2 Å². The van der Waals surface area contributed by atoms with Gasteiger partial charge in [-0.25, -0.2) is 0 Å². The lowest BCUT2D eigenvalue weighted by atomic mass is 10.3. The molecule has 1 atom stereocenters. The average Bonchev–Trinajstić information content (AvgIpc) is 2.29. The number of nitrogens with one attached hydrogen (secondary N) is 1. The van der Waals surface area contributed by atoms with Crippen LogP contribution < -0.4 is 5.32 Å². The molecule has 1 fully saturated rings. The van der Waals surface area contributed by atoms with E-state index in [4.69, 9.17) is 5.11 Å². The molecule has 0 aromatic carbocycles. The minimum Gasteiger partial charge on any atom is -0.392 e. The zero-order chi connectivity index (χ0) is 10.8. The van der Waals surface area contributed by atoms with Gasteiger partial charge in [-0.2, -0.15) is 0 Å². The third-order valence-corrected chi connectivity index (χ3v) is 2.07. The molecule has 84 valence electrons. The maximum absolute atomic E-state index is 9.38. The summed E-state index contributed by atoms with van der Waals surface area (Å²) < 4.78 is 0. The van der Waals surface area contributed by atoms with E-state index >= 15 is 0 Å². The standard InChI is InChI=1S/C7H16N2O.C3H6O/c1-2-7(10)9-5-3-8-4-6-9;1-2-3-4/h7-8,10H,2-6H2,1H3;2,4H,1,3H2. The summed E-state index contributed by atoms with van der Waals surface area (Å²) >= 11 is 0. The molecule has 1 rings (SSSR count). The van der Waals surface area contributed by atoms with E-state index in [1.165, 1.54) is 6.08 Å². The zero-order valence-electron chi connectivity index (χ0n) is 8.95. The van der Waals surface area contributed by atoms with Gasteiger partial charge in [-0.3, -0.25) is 4.90 Å². The van der Waals surface area contributed by atoms with Gasteiger partial charge in [0.15, 0.2) is 0 Å². The van der Waals surface area contributed by atoms with E-state index in [1.807, 2.05) is 6.92 Å². The molecule has 0 aromatic rings. The maximum atomic E-state index is 9.38. The van der Waals surface area contributed by atoms with Gasteiger partial charge >= 0.3 is 0 Å². The summed E-state index contributed by atoms with van der Waals surface area (Å²) in [7, 11) is 0. The predicted octanol–water partition coefficient (Wildman–Crippen LogP) is -0.215. The van der Waals surface area contributed by atoms with Crippen LogP contribution in [0.4, 0.5) is 0 Å². The largest absolute Gasteiger partial charge is 0.392 e. The van der Waals surface area contributed by atoms with Crippen LogP contribution in [-0.2, 0) is 0 Å². The molecular weight excluding hydrogens is 180 g/mol. The number of nitrogens with zero attached hydrogens (tertiary/aromatic N) is 1. The first kappa shape index (κ1) is 13.6. The Morgan fingerprint density at radius 1 is 1.50 bits per heavy atom. The fraction of sp³-hybridized carbons (Fsp3) is 0.800. The van der Waals surface area contributed by atoms with E-state index < -0.39 is 0 Å². The zero-order valence-corrected chi connectivity index (χ0v) is 8.95. The first-order valence-electron chi connectivity index (χ1n) is 5.10. The molecule has 0 aliphatic carbocycles. The van der Waals surface area contributed by atoms with Gasteiger partial charge in [0.2, 0.25) is 0 Å². The molecule has 0 saturated carbocycles. The molecule has 1 saturated heterocycles. The van der Waals surface area contributed by atoms with E-state index in [9.17, 15) is 5.11 Å². The highest BCUT2D eigenvalue weighted by molar-refractivity contribution is 4.68. The SMILES string of the molecule is C=CCO.CCC(O)N1CCNCC1. The van der Waals surface area contributed by atoms with Crippen molar-refractivity contribution in [2.24, 2.45) is 0 Å². The van der Waals surface area contributed by atoms with Crippen LogP contribution in [-0.4, -0.2) is 54.1 Å². The summed E-state index contributed by atoms with van der Waals surface area (Å²) in [5, 5.41) is 20.4. The second kappa shape index (κ2) is 9.15. The van der Waals surface area contributed by atoms with Crippen LogP contribution in [0, 0.1) is 0 Å². The third-order valence-electron chi connectivity index (χ3n) is 2.07. The molecule has 0 spiro atoms. The molecule has 1 aliphatic rings. The van der Waals surface area contributed by atoms with Gasteiger partial charge in [-0.1, -0.05) is 13.0 Å². The molecule has 4 heteroatoms. The monoisotopic (exact) mass is 202 g/mol. The molecular formula is C10H22N2O2. The van der Waals surface area contributed by atoms with Crippen molar-refractivity contribution in [2.75, 3.05) is 32.8 Å². The van der Waals surface area contributed by atoms with E-state index in [0.29, 0.717) is 0 Å². The topological polar surface area (TPSA) is 55.7 Å². The number of rotatable bonds is 3. The van der Waals surface area contributed by atoms with Crippen LogP contribution in [0.2, 0.25) is 0 Å². The summed E-state index contributed by atoms with van der Waals surface area (Å²) in [5.41, 5.74) is 0. The van der Waals surface area contributed by atoms with Crippen molar-refractivity contribution < 1.29 is 10.2 Å². The van der Waals surface area contributed by atoms with Gasteiger partial charge in [0, 0.05) is 26.2 Å². The van der Waals surface area contributed by atoms with Crippen molar-refractivity contribution in [3.8, 4) is 0 Å². The van der Waals surface area contributed by atoms with Crippen LogP contribution in [0.15, 0.2) is 12.7 Å². The Balaban J connectivity index is 0.000000364. The van der Waals surface area contributed by atoms with E-state index in [2.05, 4.69) is 16.8 Å². The molecule has 1 aliphatic heterocycles. The van der Waals surface area contributed by atoms with Crippen molar-refractivity contribution >= 4 is 0 Å². The van der Waals surface area contributed by atoms with Gasteiger partial charge in [-0.05, 0) is 6.42 Å². The number of hydrogen-bond donors (Lipinski definition) is 3. The normalized spacial score (nSPS) is 19.4. The smallest absolute Gasteiger partial charge is 0.107 e. The Morgan fingerprint density at radius 2 is 2.00 bits per heavy atom. The second-order valence-electron chi connectivity index (χ2n) is 3.15. The van der Waals surface area contributed by atoms with Crippen molar-refractivity contribution in [1.29, 1.82) is 0 Å². The highest BCUT2D eigenvalue weighted by atomic mass is 16.3. The molecule has 0 aromatic heterocycles. The van der Waals surface area contributed by atoms with Gasteiger partial charge in [0.25, 0.3) is 0 Å². The van der Waals surface area contributed by atoms with Crippen LogP contribution in [0.3, 0.4) is 0 Å². The molecule has 0 bridgehead atoms. The molecule has 1 heterocycles. The fourth-order valence-electron chi connectivity index (χ4n) is 1.24. The molecule has 0 radical (unpaired) electrons. The first-order chi connectivity index (χ1) is 6.76. The van der Waals surface area contributed by atoms with Gasteiger partial charge in [0.1, 0.15) is 6.23 Å². The van der Waals surface area contributed by atoms with Crippen molar-refractivity contribution in [2.45, 2.75) is 19.6 Å². The fourth-order valence-corrected chi connectivity index (χ4v) is 1.24. The Hall–Kier alpha value is -0.420. The highest BCUT2D eigenvalue weighted by Gasteiger charge is 2.15. The molecule has 14 heavy (non-hydrogen) atoms. The van der Waals surface area contributed by atoms with Gasteiger partial charge in [-0.15, -0.1) is 6.58 Å². The minimum atomic E-state index is -0.220. The Morgan fingerprint density at radius 3 is 2.36 bits per heavy atom. The summed E-state index contributed by atoms with van der Waals surface area (Å²) in [6, 6.07) is 0. The Bertz CT molecular complexity index is 136. The number of aliphatic hydroxyl groups is 2. The second-order valence-corrected chi connectivity index (χ2v) is 3.15. The first-order valence-corrected chi connectivity index (χ1v) is 5.10. The van der Waals surface area contributed by atoms with E-state index in [0.717, 1.165) is 32.6 Å². The van der Waals surface area contributed by atoms with E-state index in [-0.39, 0.29) is 12.8 Å². The van der Waals surface area contributed by atoms with Crippen LogP contribution in [0.25, 0.3) is 0 Å². The number of hydrogen-bond acceptors (Lipinski definition) is 4. The lowest BCUT2D eigenvalue weighted by molar-refractivity contribution is -0.00563.